The average molecular weight is 463 g/mol. The first-order valence-electron chi connectivity index (χ1n) is 12.8. The number of benzene rings is 3. The third kappa shape index (κ3) is 5.41. The van der Waals surface area contributed by atoms with E-state index in [4.69, 9.17) is 0 Å². The highest BCUT2D eigenvalue weighted by molar-refractivity contribution is 5.84. The molecule has 3 aromatic rings. The molecule has 1 N–H and O–H groups in total. The van der Waals surface area contributed by atoms with Gasteiger partial charge in [0.1, 0.15) is 11.6 Å². The Bertz CT molecular complexity index is 1080. The summed E-state index contributed by atoms with van der Waals surface area (Å²) in [6, 6.07) is 17.7. The van der Waals surface area contributed by atoms with Crippen molar-refractivity contribution in [1.82, 2.24) is 0 Å². The molecule has 0 spiro atoms. The van der Waals surface area contributed by atoms with Gasteiger partial charge in [0.05, 0.1) is 5.60 Å². The molecule has 180 valence electrons. The summed E-state index contributed by atoms with van der Waals surface area (Å²) in [5.41, 5.74) is 3.66. The molecule has 0 unspecified atom stereocenters. The van der Waals surface area contributed by atoms with Crippen LogP contribution in [0.3, 0.4) is 0 Å². The molecule has 0 amide bonds. The highest BCUT2D eigenvalue weighted by Crippen LogP contribution is 2.42. The lowest BCUT2D eigenvalue weighted by Crippen LogP contribution is -2.31. The minimum Gasteiger partial charge on any atom is -0.385 e. The molecular formula is C31H36F2O. The van der Waals surface area contributed by atoms with Gasteiger partial charge >= 0.3 is 0 Å². The van der Waals surface area contributed by atoms with Gasteiger partial charge in [-0.25, -0.2) is 8.78 Å². The molecule has 0 heterocycles. The van der Waals surface area contributed by atoms with Crippen LogP contribution in [0.5, 0.6) is 0 Å². The van der Waals surface area contributed by atoms with Crippen LogP contribution in [0.1, 0.15) is 76.3 Å². The molecule has 0 bridgehead atoms. The molecule has 1 saturated carbocycles. The van der Waals surface area contributed by atoms with E-state index in [0.717, 1.165) is 54.9 Å². The van der Waals surface area contributed by atoms with Crippen LogP contribution in [0.25, 0.3) is 22.3 Å². The van der Waals surface area contributed by atoms with Crippen LogP contribution in [0.15, 0.2) is 60.7 Å². The molecule has 0 atom stereocenters. The number of hydrogen-bond acceptors (Lipinski definition) is 1. The lowest BCUT2D eigenvalue weighted by Gasteiger charge is -2.36. The van der Waals surface area contributed by atoms with E-state index in [-0.39, 0.29) is 0 Å². The topological polar surface area (TPSA) is 20.2 Å². The normalized spacial score (nSPS) is 20.4. The molecule has 0 aliphatic heterocycles. The fraction of sp³-hybridized carbons (Fsp3) is 0.419. The molecule has 1 nitrogen and oxygen atoms in total. The highest BCUT2D eigenvalue weighted by Gasteiger charge is 2.34. The Balaban J connectivity index is 1.57. The van der Waals surface area contributed by atoms with Gasteiger partial charge in [0.2, 0.25) is 0 Å². The Labute approximate surface area is 202 Å². The summed E-state index contributed by atoms with van der Waals surface area (Å²) in [4.78, 5) is 0. The smallest absolute Gasteiger partial charge is 0.134 e. The van der Waals surface area contributed by atoms with Gasteiger partial charge in [-0.3, -0.25) is 0 Å². The fourth-order valence-electron chi connectivity index (χ4n) is 5.38. The third-order valence-electron chi connectivity index (χ3n) is 7.59. The molecule has 4 rings (SSSR count). The first-order chi connectivity index (χ1) is 16.4. The van der Waals surface area contributed by atoms with Gasteiger partial charge in [-0.1, -0.05) is 88.1 Å². The summed E-state index contributed by atoms with van der Waals surface area (Å²) in [5.74, 6) is -0.447. The van der Waals surface area contributed by atoms with E-state index in [2.05, 4.69) is 13.8 Å². The molecule has 0 aromatic heterocycles. The number of aryl methyl sites for hydroxylation is 1. The summed E-state index contributed by atoms with van der Waals surface area (Å²) >= 11 is 0. The van der Waals surface area contributed by atoms with Crippen LogP contribution in [0.4, 0.5) is 8.78 Å². The molecule has 0 saturated heterocycles. The summed E-state index contributed by atoms with van der Waals surface area (Å²) in [7, 11) is 0. The van der Waals surface area contributed by atoms with Gasteiger partial charge in [0.15, 0.2) is 0 Å². The zero-order valence-electron chi connectivity index (χ0n) is 20.4. The first-order valence-corrected chi connectivity index (χ1v) is 12.8. The maximum atomic E-state index is 15.0. The maximum Gasteiger partial charge on any atom is 0.134 e. The van der Waals surface area contributed by atoms with Gasteiger partial charge in [0.25, 0.3) is 0 Å². The Hall–Kier alpha value is -2.52. The molecule has 1 fully saturated rings. The quantitative estimate of drug-likeness (QED) is 0.332. The summed E-state index contributed by atoms with van der Waals surface area (Å²) in [5, 5.41) is 11.3. The molecule has 1 aliphatic carbocycles. The van der Waals surface area contributed by atoms with Crippen molar-refractivity contribution in [2.24, 2.45) is 5.92 Å². The molecule has 3 heteroatoms. The lowest BCUT2D eigenvalue weighted by atomic mass is 9.73. The number of aliphatic hydroxyl groups is 1. The van der Waals surface area contributed by atoms with Crippen molar-refractivity contribution < 1.29 is 13.9 Å². The Kier molecular flexibility index (Phi) is 7.83. The van der Waals surface area contributed by atoms with Crippen LogP contribution in [0.2, 0.25) is 0 Å². The van der Waals surface area contributed by atoms with Gasteiger partial charge in [-0.15, -0.1) is 0 Å². The van der Waals surface area contributed by atoms with Crippen LogP contribution < -0.4 is 0 Å². The van der Waals surface area contributed by atoms with Crippen molar-refractivity contribution in [3.05, 3.63) is 83.4 Å². The van der Waals surface area contributed by atoms with Crippen molar-refractivity contribution in [3.8, 4) is 22.3 Å². The number of hydrogen-bond donors (Lipinski definition) is 1. The minimum absolute atomic E-state index is 0.406. The summed E-state index contributed by atoms with van der Waals surface area (Å²) in [6.45, 7) is 4.31. The average Bonchev–Trinajstić information content (AvgIpc) is 2.85. The van der Waals surface area contributed by atoms with Crippen molar-refractivity contribution in [2.45, 2.75) is 77.2 Å². The standard InChI is InChI=1S/C31H36F2O/c1-3-5-6-7-23-16-18-31(34,19-17-23)26-14-12-24(13-15-26)28-20-27(32)21-29(33)30(28)25-10-8-22(4-2)9-11-25/h8-15,20-21,23,34H,3-7,16-19H2,1-2H3. The molecular weight excluding hydrogens is 426 g/mol. The number of halogens is 2. The Morgan fingerprint density at radius 3 is 2.12 bits per heavy atom. The van der Waals surface area contributed by atoms with Gasteiger partial charge in [-0.2, -0.15) is 0 Å². The molecule has 3 aromatic carbocycles. The van der Waals surface area contributed by atoms with E-state index in [9.17, 15) is 13.9 Å². The lowest BCUT2D eigenvalue weighted by molar-refractivity contribution is -0.0154. The molecule has 1 aliphatic rings. The van der Waals surface area contributed by atoms with E-state index >= 15 is 0 Å². The van der Waals surface area contributed by atoms with Gasteiger partial charge < -0.3 is 5.11 Å². The van der Waals surface area contributed by atoms with Crippen LogP contribution in [0, 0.1) is 17.6 Å². The zero-order chi connectivity index (χ0) is 24.1. The summed E-state index contributed by atoms with van der Waals surface area (Å²) < 4.78 is 29.2. The fourth-order valence-corrected chi connectivity index (χ4v) is 5.38. The van der Waals surface area contributed by atoms with E-state index in [1.165, 1.54) is 37.3 Å². The van der Waals surface area contributed by atoms with Crippen LogP contribution in [-0.4, -0.2) is 5.11 Å². The van der Waals surface area contributed by atoms with Crippen molar-refractivity contribution in [3.63, 3.8) is 0 Å². The second-order valence-electron chi connectivity index (χ2n) is 9.91. The second kappa shape index (κ2) is 10.8. The second-order valence-corrected chi connectivity index (χ2v) is 9.91. The maximum absolute atomic E-state index is 15.0. The summed E-state index contributed by atoms with van der Waals surface area (Å²) in [6.07, 6.45) is 9.61. The molecule has 0 radical (unpaired) electrons. The third-order valence-corrected chi connectivity index (χ3v) is 7.59. The van der Waals surface area contributed by atoms with E-state index in [0.29, 0.717) is 17.0 Å². The van der Waals surface area contributed by atoms with Gasteiger partial charge in [0, 0.05) is 11.6 Å². The largest absolute Gasteiger partial charge is 0.385 e. The Morgan fingerprint density at radius 2 is 1.50 bits per heavy atom. The minimum atomic E-state index is -0.814. The number of rotatable bonds is 8. The zero-order valence-corrected chi connectivity index (χ0v) is 20.4. The highest BCUT2D eigenvalue weighted by atomic mass is 19.1. The van der Waals surface area contributed by atoms with Crippen molar-refractivity contribution >= 4 is 0 Å². The SMILES string of the molecule is CCCCCC1CCC(O)(c2ccc(-c3cc(F)cc(F)c3-c3ccc(CC)cc3)cc2)CC1. The van der Waals surface area contributed by atoms with E-state index < -0.39 is 17.2 Å². The van der Waals surface area contributed by atoms with E-state index in [1.807, 2.05) is 48.5 Å². The van der Waals surface area contributed by atoms with Gasteiger partial charge in [-0.05, 0) is 71.9 Å². The first kappa shape index (κ1) is 24.6. The predicted octanol–water partition coefficient (Wildman–Crippen LogP) is 8.82. The van der Waals surface area contributed by atoms with Crippen molar-refractivity contribution in [1.29, 1.82) is 0 Å². The van der Waals surface area contributed by atoms with E-state index in [1.54, 1.807) is 0 Å². The van der Waals surface area contributed by atoms with Crippen molar-refractivity contribution in [2.75, 3.05) is 0 Å². The predicted molar refractivity (Wildman–Crippen MR) is 137 cm³/mol. The monoisotopic (exact) mass is 462 g/mol. The number of unbranched alkanes of at least 4 members (excludes halogenated alkanes) is 2. The molecule has 34 heavy (non-hydrogen) atoms. The van der Waals surface area contributed by atoms with Crippen LogP contribution >= 0.6 is 0 Å². The Morgan fingerprint density at radius 1 is 0.853 bits per heavy atom. The van der Waals surface area contributed by atoms with Crippen LogP contribution in [-0.2, 0) is 12.0 Å².